The van der Waals surface area contributed by atoms with Crippen LogP contribution in [0.15, 0.2) is 24.3 Å². The van der Waals surface area contributed by atoms with Gasteiger partial charge in [0, 0.05) is 24.8 Å². The number of carbonyl (C=O) groups excluding carboxylic acids is 1. The second-order valence-electron chi connectivity index (χ2n) is 4.70. The molecule has 1 heterocycles. The number of benzene rings is 1. The molecule has 0 fully saturated rings. The van der Waals surface area contributed by atoms with Gasteiger partial charge in [-0.3, -0.25) is 4.79 Å². The number of aliphatic carboxylic acids is 1. The maximum Gasteiger partial charge on any atom is 0.326 e. The van der Waals surface area contributed by atoms with Crippen molar-refractivity contribution in [2.75, 3.05) is 13.7 Å². The molecule has 1 atom stereocenters. The maximum atomic E-state index is 12.3. The Bertz CT molecular complexity index is 665. The highest BCUT2D eigenvalue weighted by Gasteiger charge is 2.23. The quantitative estimate of drug-likeness (QED) is 0.859. The lowest BCUT2D eigenvalue weighted by Gasteiger charge is -2.13. The fourth-order valence-corrected chi connectivity index (χ4v) is 3.22. The zero-order valence-electron chi connectivity index (χ0n) is 11.9. The summed E-state index contributed by atoms with van der Waals surface area (Å²) in [6.45, 7) is 2.15. The smallest absolute Gasteiger partial charge is 0.326 e. The van der Waals surface area contributed by atoms with Crippen LogP contribution in [-0.2, 0) is 9.53 Å². The summed E-state index contributed by atoms with van der Waals surface area (Å²) in [6.07, 6.45) is 0.238. The van der Waals surface area contributed by atoms with Crippen LogP contribution in [0.1, 0.15) is 21.7 Å². The van der Waals surface area contributed by atoms with E-state index in [1.165, 1.54) is 18.4 Å². The van der Waals surface area contributed by atoms with Gasteiger partial charge in [0.1, 0.15) is 6.04 Å². The lowest BCUT2D eigenvalue weighted by molar-refractivity contribution is -0.139. The van der Waals surface area contributed by atoms with Crippen molar-refractivity contribution < 1.29 is 19.4 Å². The Labute approximate surface area is 126 Å². The molecule has 0 aliphatic rings. The molecule has 0 aliphatic heterocycles. The third-order valence-corrected chi connectivity index (χ3v) is 4.54. The highest BCUT2D eigenvalue weighted by Crippen LogP contribution is 2.30. The van der Waals surface area contributed by atoms with Gasteiger partial charge in [-0.25, -0.2) is 4.79 Å². The van der Waals surface area contributed by atoms with Gasteiger partial charge in [0.2, 0.25) is 0 Å². The van der Waals surface area contributed by atoms with Crippen molar-refractivity contribution in [1.29, 1.82) is 0 Å². The summed E-state index contributed by atoms with van der Waals surface area (Å²) in [5, 5.41) is 12.7. The molecule has 6 heteroatoms. The Morgan fingerprint density at radius 2 is 2.10 bits per heavy atom. The molecule has 1 unspecified atom stereocenters. The predicted octanol–water partition coefficient (Wildman–Crippen LogP) is 2.43. The predicted molar refractivity (Wildman–Crippen MR) is 81.9 cm³/mol. The minimum atomic E-state index is -1.06. The van der Waals surface area contributed by atoms with Crippen LogP contribution in [0, 0.1) is 6.92 Å². The van der Waals surface area contributed by atoms with Gasteiger partial charge in [-0.1, -0.05) is 18.2 Å². The number of ether oxygens (including phenoxy) is 1. The Balaban J connectivity index is 2.21. The maximum absolute atomic E-state index is 12.3. The Morgan fingerprint density at radius 3 is 2.71 bits per heavy atom. The summed E-state index contributed by atoms with van der Waals surface area (Å²) in [5.74, 6) is -1.41. The van der Waals surface area contributed by atoms with Crippen LogP contribution in [0.4, 0.5) is 0 Å². The normalized spacial score (nSPS) is 12.3. The van der Waals surface area contributed by atoms with Gasteiger partial charge < -0.3 is 15.2 Å². The van der Waals surface area contributed by atoms with Gasteiger partial charge in [0.25, 0.3) is 5.91 Å². The first-order valence-electron chi connectivity index (χ1n) is 6.55. The minimum Gasteiger partial charge on any atom is -0.480 e. The van der Waals surface area contributed by atoms with Gasteiger partial charge in [-0.05, 0) is 23.9 Å². The van der Waals surface area contributed by atoms with Crippen molar-refractivity contribution in [1.82, 2.24) is 5.32 Å². The van der Waals surface area contributed by atoms with E-state index in [0.29, 0.717) is 4.88 Å². The van der Waals surface area contributed by atoms with E-state index in [4.69, 9.17) is 9.84 Å². The third-order valence-electron chi connectivity index (χ3n) is 3.26. The average molecular weight is 307 g/mol. The van der Waals surface area contributed by atoms with E-state index in [9.17, 15) is 9.59 Å². The lowest BCUT2D eigenvalue weighted by Crippen LogP contribution is -2.41. The fourth-order valence-electron chi connectivity index (χ4n) is 2.11. The summed E-state index contributed by atoms with van der Waals surface area (Å²) in [5.41, 5.74) is 0.879. The number of carbonyl (C=O) groups is 2. The van der Waals surface area contributed by atoms with Gasteiger partial charge in [-0.2, -0.15) is 0 Å². The minimum absolute atomic E-state index is 0.238. The highest BCUT2D eigenvalue weighted by molar-refractivity contribution is 7.21. The summed E-state index contributed by atoms with van der Waals surface area (Å²) in [7, 11) is 1.50. The SMILES string of the molecule is COCCC(NC(=O)c1sc2ccccc2c1C)C(=O)O. The summed E-state index contributed by atoms with van der Waals surface area (Å²) in [6, 6.07) is 6.80. The van der Waals surface area contributed by atoms with Crippen LogP contribution in [0.25, 0.3) is 10.1 Å². The molecule has 0 radical (unpaired) electrons. The zero-order chi connectivity index (χ0) is 15.4. The molecule has 1 amide bonds. The number of methoxy groups -OCH3 is 1. The van der Waals surface area contributed by atoms with Crippen LogP contribution >= 0.6 is 11.3 Å². The first-order chi connectivity index (χ1) is 10.0. The van der Waals surface area contributed by atoms with Crippen molar-refractivity contribution in [3.05, 3.63) is 34.7 Å². The number of hydrogen-bond acceptors (Lipinski definition) is 4. The molecule has 1 aromatic heterocycles. The highest BCUT2D eigenvalue weighted by atomic mass is 32.1. The van der Waals surface area contributed by atoms with Gasteiger partial charge in [0.15, 0.2) is 0 Å². The third kappa shape index (κ3) is 3.40. The van der Waals surface area contributed by atoms with Gasteiger partial charge in [-0.15, -0.1) is 11.3 Å². The van der Waals surface area contributed by atoms with E-state index in [0.717, 1.165) is 15.6 Å². The van der Waals surface area contributed by atoms with Crippen LogP contribution in [0.3, 0.4) is 0 Å². The first-order valence-corrected chi connectivity index (χ1v) is 7.37. The van der Waals surface area contributed by atoms with E-state index in [1.54, 1.807) is 0 Å². The Kier molecular flexibility index (Phi) is 4.93. The average Bonchev–Trinajstić information content (AvgIpc) is 2.81. The summed E-state index contributed by atoms with van der Waals surface area (Å²) >= 11 is 1.37. The van der Waals surface area contributed by atoms with Gasteiger partial charge >= 0.3 is 5.97 Å². The van der Waals surface area contributed by atoms with Crippen LogP contribution in [0.2, 0.25) is 0 Å². The number of aryl methyl sites for hydroxylation is 1. The molecule has 0 saturated heterocycles. The molecule has 0 bridgehead atoms. The van der Waals surface area contributed by atoms with Crippen molar-refractivity contribution in [2.24, 2.45) is 0 Å². The number of carboxylic acid groups (broad SMARTS) is 1. The zero-order valence-corrected chi connectivity index (χ0v) is 12.7. The Morgan fingerprint density at radius 1 is 1.38 bits per heavy atom. The molecule has 0 saturated carbocycles. The van der Waals surface area contributed by atoms with Gasteiger partial charge in [0.05, 0.1) is 4.88 Å². The molecule has 2 rings (SSSR count). The number of carboxylic acids is 1. The fraction of sp³-hybridized carbons (Fsp3) is 0.333. The molecular weight excluding hydrogens is 290 g/mol. The van der Waals surface area contributed by atoms with Crippen molar-refractivity contribution >= 4 is 33.3 Å². The van der Waals surface area contributed by atoms with E-state index in [1.807, 2.05) is 31.2 Å². The number of hydrogen-bond donors (Lipinski definition) is 2. The number of amides is 1. The molecule has 0 aliphatic carbocycles. The number of nitrogens with one attached hydrogen (secondary N) is 1. The summed E-state index contributed by atoms with van der Waals surface area (Å²) < 4.78 is 5.89. The van der Waals surface area contributed by atoms with Crippen LogP contribution in [0.5, 0.6) is 0 Å². The second-order valence-corrected chi connectivity index (χ2v) is 5.75. The van der Waals surface area contributed by atoms with E-state index in [2.05, 4.69) is 5.32 Å². The molecule has 2 N–H and O–H groups in total. The van der Waals surface area contributed by atoms with E-state index in [-0.39, 0.29) is 18.9 Å². The standard InChI is InChI=1S/C15H17NO4S/c1-9-10-5-3-4-6-12(10)21-13(9)14(17)16-11(15(18)19)7-8-20-2/h3-6,11H,7-8H2,1-2H3,(H,16,17)(H,18,19). The molecular formula is C15H17NO4S. The molecule has 5 nitrogen and oxygen atoms in total. The Hall–Kier alpha value is -1.92. The van der Waals surface area contributed by atoms with Crippen molar-refractivity contribution in [3.8, 4) is 0 Å². The van der Waals surface area contributed by atoms with E-state index >= 15 is 0 Å². The largest absolute Gasteiger partial charge is 0.480 e. The van der Waals surface area contributed by atoms with Crippen LogP contribution < -0.4 is 5.32 Å². The molecule has 0 spiro atoms. The molecule has 2 aromatic rings. The van der Waals surface area contributed by atoms with E-state index < -0.39 is 12.0 Å². The second kappa shape index (κ2) is 6.69. The molecule has 21 heavy (non-hydrogen) atoms. The summed E-state index contributed by atoms with van der Waals surface area (Å²) in [4.78, 5) is 24.0. The lowest BCUT2D eigenvalue weighted by atomic mass is 10.1. The van der Waals surface area contributed by atoms with Crippen molar-refractivity contribution in [3.63, 3.8) is 0 Å². The molecule has 112 valence electrons. The monoisotopic (exact) mass is 307 g/mol. The number of fused-ring (bicyclic) bond motifs is 1. The molecule has 1 aromatic carbocycles. The topological polar surface area (TPSA) is 75.6 Å². The number of rotatable bonds is 6. The number of thiophene rings is 1. The van der Waals surface area contributed by atoms with Crippen molar-refractivity contribution in [2.45, 2.75) is 19.4 Å². The first kappa shape index (κ1) is 15.5. The van der Waals surface area contributed by atoms with Crippen LogP contribution in [-0.4, -0.2) is 36.7 Å².